The first kappa shape index (κ1) is 20.9. The number of hydrogen-bond donors (Lipinski definition) is 2. The van der Waals surface area contributed by atoms with Crippen LogP contribution in [0.3, 0.4) is 0 Å². The molecule has 1 saturated heterocycles. The average molecular weight is 381 g/mol. The zero-order chi connectivity index (χ0) is 20.5. The van der Waals surface area contributed by atoms with Crippen molar-refractivity contribution in [3.05, 3.63) is 69.8 Å². The number of nitrogens with zero attached hydrogens (tertiary/aromatic N) is 3. The van der Waals surface area contributed by atoms with E-state index in [1.165, 1.54) is 12.1 Å². The Morgan fingerprint density at radius 1 is 1.21 bits per heavy atom. The van der Waals surface area contributed by atoms with Crippen molar-refractivity contribution in [2.24, 2.45) is 11.5 Å². The molecule has 0 saturated carbocycles. The summed E-state index contributed by atoms with van der Waals surface area (Å²) in [6.07, 6.45) is 2.74. The number of nitrogens with two attached hydrogens (primary N) is 2. The zero-order valence-electron chi connectivity index (χ0n) is 15.5. The molecule has 8 nitrogen and oxygen atoms in total. The first-order valence-electron chi connectivity index (χ1n) is 8.94. The van der Waals surface area contributed by atoms with Gasteiger partial charge in [-0.2, -0.15) is 5.26 Å². The van der Waals surface area contributed by atoms with Crippen LogP contribution in [0.5, 0.6) is 0 Å². The molecule has 146 valence electrons. The smallest absolute Gasteiger partial charge is 0.270 e. The molecule has 1 amide bonds. The fraction of sp³-hybridized carbons (Fsp3) is 0.300. The molecule has 1 heterocycles. The molecule has 3 rings (SSSR count). The number of primary amides is 1. The molecule has 0 aromatic heterocycles. The van der Waals surface area contributed by atoms with Crippen molar-refractivity contribution in [1.29, 1.82) is 5.26 Å². The average Bonchev–Trinajstić information content (AvgIpc) is 3.23. The SMILES string of the molecule is N#Cc1cc([N+](=O)[O-])ccc1N1CCCC1.NC(=O)[C@@H](N)Cc1ccccc1. The Morgan fingerprint density at radius 3 is 2.39 bits per heavy atom. The lowest BCUT2D eigenvalue weighted by atomic mass is 10.1. The second-order valence-electron chi connectivity index (χ2n) is 6.46. The summed E-state index contributed by atoms with van der Waals surface area (Å²) >= 11 is 0. The van der Waals surface area contributed by atoms with E-state index in [0.717, 1.165) is 37.2 Å². The number of nitro groups is 1. The van der Waals surface area contributed by atoms with E-state index in [-0.39, 0.29) is 5.69 Å². The maximum absolute atomic E-state index is 10.6. The molecule has 28 heavy (non-hydrogen) atoms. The molecule has 1 atom stereocenters. The first-order valence-corrected chi connectivity index (χ1v) is 8.94. The number of carbonyl (C=O) groups is 1. The number of anilines is 1. The van der Waals surface area contributed by atoms with Gasteiger partial charge in [0.05, 0.1) is 22.2 Å². The maximum Gasteiger partial charge on any atom is 0.270 e. The van der Waals surface area contributed by atoms with Gasteiger partial charge < -0.3 is 16.4 Å². The number of rotatable bonds is 5. The number of non-ortho nitro benzene ring substituents is 1. The summed E-state index contributed by atoms with van der Waals surface area (Å²) in [7, 11) is 0. The number of carbonyl (C=O) groups excluding carboxylic acids is 1. The fourth-order valence-electron chi connectivity index (χ4n) is 2.93. The van der Waals surface area contributed by atoms with E-state index in [9.17, 15) is 14.9 Å². The third kappa shape index (κ3) is 5.79. The summed E-state index contributed by atoms with van der Waals surface area (Å²) in [5, 5.41) is 19.6. The molecule has 0 bridgehead atoms. The van der Waals surface area contributed by atoms with Crippen molar-refractivity contribution in [2.45, 2.75) is 25.3 Å². The van der Waals surface area contributed by atoms with Crippen molar-refractivity contribution in [1.82, 2.24) is 0 Å². The molecule has 0 aliphatic carbocycles. The molecule has 1 aliphatic heterocycles. The van der Waals surface area contributed by atoms with Crippen molar-refractivity contribution >= 4 is 17.3 Å². The highest BCUT2D eigenvalue weighted by atomic mass is 16.6. The Hall–Kier alpha value is -3.44. The maximum atomic E-state index is 10.6. The minimum atomic E-state index is -0.576. The van der Waals surface area contributed by atoms with Crippen LogP contribution in [0, 0.1) is 21.4 Å². The minimum absolute atomic E-state index is 0.0282. The van der Waals surface area contributed by atoms with Gasteiger partial charge in [-0.25, -0.2) is 0 Å². The second-order valence-corrected chi connectivity index (χ2v) is 6.46. The second kappa shape index (κ2) is 10.0. The molecule has 4 N–H and O–H groups in total. The van der Waals surface area contributed by atoms with Gasteiger partial charge in [0.15, 0.2) is 0 Å². The predicted molar refractivity (Wildman–Crippen MR) is 107 cm³/mol. The van der Waals surface area contributed by atoms with Crippen LogP contribution in [0.2, 0.25) is 0 Å². The third-order valence-electron chi connectivity index (χ3n) is 4.42. The van der Waals surface area contributed by atoms with Crippen molar-refractivity contribution in [3.8, 4) is 6.07 Å². The van der Waals surface area contributed by atoms with E-state index in [0.29, 0.717) is 12.0 Å². The molecule has 0 radical (unpaired) electrons. The van der Waals surface area contributed by atoms with Crippen LogP contribution < -0.4 is 16.4 Å². The number of nitriles is 1. The van der Waals surface area contributed by atoms with Crippen LogP contribution in [-0.2, 0) is 11.2 Å². The minimum Gasteiger partial charge on any atom is -0.370 e. The number of nitro benzene ring substituents is 1. The van der Waals surface area contributed by atoms with Crippen molar-refractivity contribution < 1.29 is 9.72 Å². The highest BCUT2D eigenvalue weighted by Crippen LogP contribution is 2.27. The van der Waals surface area contributed by atoms with Gasteiger partial charge in [-0.3, -0.25) is 14.9 Å². The summed E-state index contributed by atoms with van der Waals surface area (Å²) in [5.74, 6) is -0.459. The summed E-state index contributed by atoms with van der Waals surface area (Å²) in [6, 6.07) is 15.5. The lowest BCUT2D eigenvalue weighted by Gasteiger charge is -2.18. The van der Waals surface area contributed by atoms with Gasteiger partial charge in [-0.15, -0.1) is 0 Å². The van der Waals surface area contributed by atoms with Crippen LogP contribution in [0.25, 0.3) is 0 Å². The molecule has 0 spiro atoms. The van der Waals surface area contributed by atoms with E-state index < -0.39 is 16.9 Å². The zero-order valence-corrected chi connectivity index (χ0v) is 15.5. The van der Waals surface area contributed by atoms with Gasteiger partial charge in [0.2, 0.25) is 5.91 Å². The largest absolute Gasteiger partial charge is 0.370 e. The molecule has 2 aromatic carbocycles. The molecule has 8 heteroatoms. The van der Waals surface area contributed by atoms with Crippen LogP contribution in [0.1, 0.15) is 24.0 Å². The van der Waals surface area contributed by atoms with E-state index in [1.807, 2.05) is 36.4 Å². The Kier molecular flexibility index (Phi) is 7.48. The molecule has 0 unspecified atom stereocenters. The Morgan fingerprint density at radius 2 is 1.86 bits per heavy atom. The van der Waals surface area contributed by atoms with Gasteiger partial charge in [0, 0.05) is 25.2 Å². The van der Waals surface area contributed by atoms with Crippen LogP contribution in [-0.4, -0.2) is 30.0 Å². The van der Waals surface area contributed by atoms with Gasteiger partial charge in [-0.1, -0.05) is 30.3 Å². The van der Waals surface area contributed by atoms with E-state index in [4.69, 9.17) is 16.7 Å². The summed E-state index contributed by atoms with van der Waals surface area (Å²) in [5.41, 5.74) is 12.7. The Labute approximate surface area is 163 Å². The van der Waals surface area contributed by atoms with Gasteiger partial charge in [-0.05, 0) is 30.9 Å². The van der Waals surface area contributed by atoms with Crippen LogP contribution >= 0.6 is 0 Å². The standard InChI is InChI=1S/C11H11N3O2.C9H12N2O/c12-8-9-7-10(14(15)16)3-4-11(9)13-5-1-2-6-13;10-8(9(11)12)6-7-4-2-1-3-5-7/h3-4,7H,1-2,5-6H2;1-5,8H,6,10H2,(H2,11,12)/t;8-/m.0/s1. The topological polar surface area (TPSA) is 139 Å². The Balaban J connectivity index is 0.000000209. The van der Waals surface area contributed by atoms with Gasteiger partial charge in [0.1, 0.15) is 6.07 Å². The van der Waals surface area contributed by atoms with Gasteiger partial charge >= 0.3 is 0 Å². The van der Waals surface area contributed by atoms with E-state index in [1.54, 1.807) is 6.07 Å². The monoisotopic (exact) mass is 381 g/mol. The van der Waals surface area contributed by atoms with E-state index in [2.05, 4.69) is 4.90 Å². The summed E-state index contributed by atoms with van der Waals surface area (Å²) < 4.78 is 0. The first-order chi connectivity index (χ1) is 13.4. The number of amides is 1. The molecular formula is C20H23N5O3. The molecule has 1 fully saturated rings. The molecule has 2 aromatic rings. The normalized spacial score (nSPS) is 13.8. The van der Waals surface area contributed by atoms with Crippen molar-refractivity contribution in [3.63, 3.8) is 0 Å². The lowest BCUT2D eigenvalue weighted by Crippen LogP contribution is -2.38. The number of hydrogen-bond acceptors (Lipinski definition) is 6. The quantitative estimate of drug-likeness (QED) is 0.600. The van der Waals surface area contributed by atoms with Crippen molar-refractivity contribution in [2.75, 3.05) is 18.0 Å². The predicted octanol–water partition coefficient (Wildman–Crippen LogP) is 2.11. The van der Waals surface area contributed by atoms with E-state index >= 15 is 0 Å². The van der Waals surface area contributed by atoms with Gasteiger partial charge in [0.25, 0.3) is 5.69 Å². The van der Waals surface area contributed by atoms with Crippen LogP contribution in [0.4, 0.5) is 11.4 Å². The fourth-order valence-corrected chi connectivity index (χ4v) is 2.93. The van der Waals surface area contributed by atoms with Crippen LogP contribution in [0.15, 0.2) is 48.5 Å². The Bertz CT molecular complexity index is 858. The summed E-state index contributed by atoms with van der Waals surface area (Å²) in [4.78, 5) is 22.8. The highest BCUT2D eigenvalue weighted by molar-refractivity contribution is 5.79. The lowest BCUT2D eigenvalue weighted by molar-refractivity contribution is -0.384. The highest BCUT2D eigenvalue weighted by Gasteiger charge is 2.18. The number of benzene rings is 2. The summed E-state index contributed by atoms with van der Waals surface area (Å²) in [6.45, 7) is 1.85. The molecular weight excluding hydrogens is 358 g/mol. The third-order valence-corrected chi connectivity index (χ3v) is 4.42. The molecule has 1 aliphatic rings.